The molecule has 1 saturated carbocycles. The summed E-state index contributed by atoms with van der Waals surface area (Å²) >= 11 is 0. The van der Waals surface area contributed by atoms with E-state index in [1.807, 2.05) is 0 Å². The summed E-state index contributed by atoms with van der Waals surface area (Å²) in [4.78, 5) is 2.48. The van der Waals surface area contributed by atoms with Crippen molar-refractivity contribution in [2.45, 2.75) is 30.7 Å². The Morgan fingerprint density at radius 1 is 1.38 bits per heavy atom. The van der Waals surface area contributed by atoms with Crippen LogP contribution in [-0.4, -0.2) is 49.2 Å². The summed E-state index contributed by atoms with van der Waals surface area (Å²) < 4.78 is 24.6. The maximum atomic E-state index is 12.3. The molecule has 0 bridgehead atoms. The zero-order valence-electron chi connectivity index (χ0n) is 12.1. The molecule has 0 saturated heterocycles. The van der Waals surface area contributed by atoms with E-state index in [2.05, 4.69) is 17.0 Å². The van der Waals surface area contributed by atoms with Crippen LogP contribution in [-0.2, 0) is 9.84 Å². The largest absolute Gasteiger partial charge is 0.409 e. The SMILES string of the molecule is CCN(CCS(=O)(=O)c1ccc(/C(N)=N/O)cc1)C1CC1. The van der Waals surface area contributed by atoms with E-state index in [0.717, 1.165) is 6.54 Å². The van der Waals surface area contributed by atoms with Crippen LogP contribution in [0.15, 0.2) is 34.3 Å². The van der Waals surface area contributed by atoms with Gasteiger partial charge in [0, 0.05) is 18.2 Å². The van der Waals surface area contributed by atoms with Gasteiger partial charge in [-0.05, 0) is 43.7 Å². The van der Waals surface area contributed by atoms with E-state index in [1.54, 1.807) is 12.1 Å². The second-order valence-electron chi connectivity index (χ2n) is 5.19. The molecule has 6 nitrogen and oxygen atoms in total. The van der Waals surface area contributed by atoms with Gasteiger partial charge in [0.1, 0.15) is 0 Å². The average molecular weight is 311 g/mol. The van der Waals surface area contributed by atoms with Crippen molar-refractivity contribution in [2.75, 3.05) is 18.8 Å². The molecule has 0 atom stereocenters. The second kappa shape index (κ2) is 6.44. The van der Waals surface area contributed by atoms with Gasteiger partial charge >= 0.3 is 0 Å². The number of benzene rings is 1. The number of oxime groups is 1. The highest BCUT2D eigenvalue weighted by Crippen LogP contribution is 2.26. The molecule has 7 heteroatoms. The van der Waals surface area contributed by atoms with Gasteiger partial charge in [0.25, 0.3) is 0 Å². The number of sulfone groups is 1. The van der Waals surface area contributed by atoms with Crippen molar-refractivity contribution in [1.29, 1.82) is 0 Å². The lowest BCUT2D eigenvalue weighted by Crippen LogP contribution is -2.31. The van der Waals surface area contributed by atoms with E-state index in [0.29, 0.717) is 18.2 Å². The van der Waals surface area contributed by atoms with Crippen LogP contribution >= 0.6 is 0 Å². The van der Waals surface area contributed by atoms with Crippen molar-refractivity contribution >= 4 is 15.7 Å². The minimum Gasteiger partial charge on any atom is -0.409 e. The lowest BCUT2D eigenvalue weighted by Gasteiger charge is -2.19. The number of nitrogens with zero attached hydrogens (tertiary/aromatic N) is 2. The molecule has 0 spiro atoms. The Bertz CT molecular complexity index is 607. The molecule has 0 radical (unpaired) electrons. The van der Waals surface area contributed by atoms with Crippen LogP contribution in [0.2, 0.25) is 0 Å². The molecular formula is C14H21N3O3S. The van der Waals surface area contributed by atoms with Gasteiger partial charge in [0.2, 0.25) is 0 Å². The molecule has 1 aliphatic rings. The minimum absolute atomic E-state index is 0.0372. The molecule has 0 heterocycles. The fraction of sp³-hybridized carbons (Fsp3) is 0.500. The fourth-order valence-electron chi connectivity index (χ4n) is 2.28. The standard InChI is InChI=1S/C14H21N3O3S/c1-2-17(12-5-6-12)9-10-21(19,20)13-7-3-11(4-8-13)14(15)16-18/h3-4,7-8,12,18H,2,5-6,9-10H2,1H3,(H2,15,16). The summed E-state index contributed by atoms with van der Waals surface area (Å²) in [5.74, 6) is 0.0742. The van der Waals surface area contributed by atoms with Gasteiger partial charge in [-0.3, -0.25) is 4.90 Å². The fourth-order valence-corrected chi connectivity index (χ4v) is 3.55. The minimum atomic E-state index is -3.31. The predicted molar refractivity (Wildman–Crippen MR) is 81.3 cm³/mol. The molecule has 1 aliphatic carbocycles. The Morgan fingerprint density at radius 3 is 2.48 bits per heavy atom. The molecule has 1 fully saturated rings. The van der Waals surface area contributed by atoms with Crippen molar-refractivity contribution < 1.29 is 13.6 Å². The number of hydrogen-bond donors (Lipinski definition) is 2. The molecule has 21 heavy (non-hydrogen) atoms. The second-order valence-corrected chi connectivity index (χ2v) is 7.30. The van der Waals surface area contributed by atoms with Crippen LogP contribution in [0, 0.1) is 0 Å². The highest BCUT2D eigenvalue weighted by Gasteiger charge is 2.28. The highest BCUT2D eigenvalue weighted by atomic mass is 32.2. The lowest BCUT2D eigenvalue weighted by molar-refractivity contribution is 0.294. The van der Waals surface area contributed by atoms with Crippen LogP contribution in [0.5, 0.6) is 0 Å². The van der Waals surface area contributed by atoms with Crippen molar-refractivity contribution in [3.63, 3.8) is 0 Å². The first-order valence-corrected chi connectivity index (χ1v) is 8.68. The number of amidine groups is 1. The van der Waals surface area contributed by atoms with Crippen molar-refractivity contribution in [1.82, 2.24) is 4.90 Å². The van der Waals surface area contributed by atoms with E-state index in [4.69, 9.17) is 10.9 Å². The van der Waals surface area contributed by atoms with Gasteiger partial charge in [0.15, 0.2) is 15.7 Å². The Kier molecular flexibility index (Phi) is 4.84. The van der Waals surface area contributed by atoms with Gasteiger partial charge in [0.05, 0.1) is 10.6 Å². The first-order valence-electron chi connectivity index (χ1n) is 7.02. The van der Waals surface area contributed by atoms with Crippen LogP contribution in [0.1, 0.15) is 25.3 Å². The molecule has 116 valence electrons. The van der Waals surface area contributed by atoms with Crippen molar-refractivity contribution in [2.24, 2.45) is 10.9 Å². The highest BCUT2D eigenvalue weighted by molar-refractivity contribution is 7.91. The van der Waals surface area contributed by atoms with E-state index >= 15 is 0 Å². The zero-order chi connectivity index (χ0) is 15.5. The zero-order valence-corrected chi connectivity index (χ0v) is 12.9. The van der Waals surface area contributed by atoms with Gasteiger partial charge < -0.3 is 10.9 Å². The Labute approximate surface area is 125 Å². The summed E-state index contributed by atoms with van der Waals surface area (Å²) in [6, 6.07) is 6.64. The quantitative estimate of drug-likeness (QED) is 0.339. The molecule has 0 aromatic heterocycles. The van der Waals surface area contributed by atoms with Crippen molar-refractivity contribution in [3.8, 4) is 0 Å². The third-order valence-electron chi connectivity index (χ3n) is 3.73. The predicted octanol–water partition coefficient (Wildman–Crippen LogP) is 1.04. The maximum Gasteiger partial charge on any atom is 0.179 e. The molecular weight excluding hydrogens is 290 g/mol. The number of hydrogen-bond acceptors (Lipinski definition) is 5. The van der Waals surface area contributed by atoms with E-state index < -0.39 is 9.84 Å². The molecule has 1 aromatic rings. The summed E-state index contributed by atoms with van der Waals surface area (Å²) in [5, 5.41) is 11.5. The smallest absolute Gasteiger partial charge is 0.179 e. The molecule has 0 unspecified atom stereocenters. The first kappa shape index (κ1) is 15.8. The molecule has 0 amide bonds. The van der Waals surface area contributed by atoms with Crippen LogP contribution in [0.25, 0.3) is 0 Å². The number of rotatable bonds is 7. The average Bonchev–Trinajstić information content (AvgIpc) is 3.32. The van der Waals surface area contributed by atoms with E-state index in [1.165, 1.54) is 25.0 Å². The monoisotopic (exact) mass is 311 g/mol. The van der Waals surface area contributed by atoms with Crippen molar-refractivity contribution in [3.05, 3.63) is 29.8 Å². The Hall–Kier alpha value is -1.60. The number of nitrogens with two attached hydrogens (primary N) is 1. The summed E-state index contributed by atoms with van der Waals surface area (Å²) in [5.41, 5.74) is 5.94. The molecule has 2 rings (SSSR count). The summed E-state index contributed by atoms with van der Waals surface area (Å²) in [7, 11) is -3.31. The summed E-state index contributed by atoms with van der Waals surface area (Å²) in [6.07, 6.45) is 2.34. The Morgan fingerprint density at radius 2 is 2.00 bits per heavy atom. The lowest BCUT2D eigenvalue weighted by atomic mass is 10.2. The van der Waals surface area contributed by atoms with Crippen LogP contribution in [0.4, 0.5) is 0 Å². The van der Waals surface area contributed by atoms with Gasteiger partial charge in [-0.2, -0.15) is 0 Å². The van der Waals surface area contributed by atoms with Gasteiger partial charge in [-0.15, -0.1) is 0 Å². The van der Waals surface area contributed by atoms with E-state index in [9.17, 15) is 8.42 Å². The molecule has 3 N–H and O–H groups in total. The Balaban J connectivity index is 2.04. The van der Waals surface area contributed by atoms with Gasteiger partial charge in [-0.25, -0.2) is 8.42 Å². The molecule has 0 aliphatic heterocycles. The van der Waals surface area contributed by atoms with Crippen LogP contribution < -0.4 is 5.73 Å². The third kappa shape index (κ3) is 3.95. The third-order valence-corrected chi connectivity index (χ3v) is 5.44. The molecule has 1 aromatic carbocycles. The normalized spacial score (nSPS) is 16.4. The maximum absolute atomic E-state index is 12.3. The first-order chi connectivity index (χ1) is 9.97. The van der Waals surface area contributed by atoms with E-state index in [-0.39, 0.29) is 16.5 Å². The topological polar surface area (TPSA) is 96.0 Å². The van der Waals surface area contributed by atoms with Gasteiger partial charge in [-0.1, -0.05) is 12.1 Å². The summed E-state index contributed by atoms with van der Waals surface area (Å²) in [6.45, 7) is 3.49. The van der Waals surface area contributed by atoms with Crippen LogP contribution in [0.3, 0.4) is 0 Å².